The lowest BCUT2D eigenvalue weighted by atomic mass is 9.53. The van der Waals surface area contributed by atoms with Gasteiger partial charge >= 0.3 is 0 Å². The van der Waals surface area contributed by atoms with Crippen molar-refractivity contribution >= 4 is 0 Å². The van der Waals surface area contributed by atoms with Crippen molar-refractivity contribution in [3.63, 3.8) is 0 Å². The fraction of sp³-hybridized carbons (Fsp3) is 1.00. The molecule has 9 unspecified atom stereocenters. The average Bonchev–Trinajstić information content (AvgIpc) is 2.45. The molecule has 0 amide bonds. The minimum atomic E-state index is 0.937. The second-order valence-electron chi connectivity index (χ2n) is 9.50. The Morgan fingerprint density at radius 1 is 0.429 bits per heavy atom. The molecule has 3 fully saturated rings. The Morgan fingerprint density at radius 2 is 1.00 bits per heavy atom. The van der Waals surface area contributed by atoms with Gasteiger partial charge in [0.1, 0.15) is 0 Å². The molecular weight excluding hydrogens is 252 g/mol. The molecule has 3 aliphatic rings. The molecule has 3 aliphatic carbocycles. The van der Waals surface area contributed by atoms with Gasteiger partial charge in [0.25, 0.3) is 0 Å². The summed E-state index contributed by atoms with van der Waals surface area (Å²) in [5.41, 5.74) is 0. The lowest BCUT2D eigenvalue weighted by molar-refractivity contribution is -0.0221. The highest BCUT2D eigenvalue weighted by atomic mass is 14.5. The maximum atomic E-state index is 2.57. The van der Waals surface area contributed by atoms with Crippen LogP contribution in [0, 0.1) is 53.3 Å². The van der Waals surface area contributed by atoms with Crippen LogP contribution in [0.15, 0.2) is 0 Å². The summed E-state index contributed by atoms with van der Waals surface area (Å²) >= 11 is 0. The Balaban J connectivity index is 1.84. The van der Waals surface area contributed by atoms with Gasteiger partial charge in [-0.25, -0.2) is 0 Å². The van der Waals surface area contributed by atoms with Gasteiger partial charge in [0, 0.05) is 0 Å². The largest absolute Gasteiger partial charge is 0.0623 e. The summed E-state index contributed by atoms with van der Waals surface area (Å²) in [6, 6.07) is 0. The third kappa shape index (κ3) is 3.06. The van der Waals surface area contributed by atoms with Gasteiger partial charge in [-0.2, -0.15) is 0 Å². The second kappa shape index (κ2) is 6.25. The summed E-state index contributed by atoms with van der Waals surface area (Å²) in [6.07, 6.45) is 10.7. The van der Waals surface area contributed by atoms with E-state index in [2.05, 4.69) is 34.6 Å². The Kier molecular flexibility index (Phi) is 4.72. The molecule has 0 aromatic carbocycles. The van der Waals surface area contributed by atoms with Gasteiger partial charge in [-0.15, -0.1) is 0 Å². The topological polar surface area (TPSA) is 0 Å². The van der Waals surface area contributed by atoms with Crippen molar-refractivity contribution in [2.45, 2.75) is 79.6 Å². The van der Waals surface area contributed by atoms with E-state index in [4.69, 9.17) is 0 Å². The monoisotopic (exact) mass is 290 g/mol. The van der Waals surface area contributed by atoms with Crippen LogP contribution in [0.25, 0.3) is 0 Å². The first kappa shape index (κ1) is 15.9. The normalized spacial score (nSPS) is 55.0. The Morgan fingerprint density at radius 3 is 1.67 bits per heavy atom. The first-order valence-corrected chi connectivity index (χ1v) is 9.97. The van der Waals surface area contributed by atoms with E-state index in [1.165, 1.54) is 32.1 Å². The van der Waals surface area contributed by atoms with Crippen LogP contribution in [0.3, 0.4) is 0 Å². The molecule has 0 aliphatic heterocycles. The molecule has 0 saturated heterocycles. The van der Waals surface area contributed by atoms with E-state index in [9.17, 15) is 0 Å². The molecule has 0 heteroatoms. The Hall–Kier alpha value is 0. The zero-order valence-corrected chi connectivity index (χ0v) is 15.1. The molecular formula is C21H38. The quantitative estimate of drug-likeness (QED) is 0.484. The van der Waals surface area contributed by atoms with Crippen molar-refractivity contribution in [3.8, 4) is 0 Å². The van der Waals surface area contributed by atoms with Gasteiger partial charge in [-0.05, 0) is 91.8 Å². The van der Waals surface area contributed by atoms with Crippen molar-refractivity contribution in [1.82, 2.24) is 0 Å². The van der Waals surface area contributed by atoms with E-state index in [0.717, 1.165) is 53.3 Å². The molecule has 2 bridgehead atoms. The van der Waals surface area contributed by atoms with Gasteiger partial charge in [0.15, 0.2) is 0 Å². The molecule has 0 radical (unpaired) electrons. The smallest absolute Gasteiger partial charge is 0.0350 e. The molecule has 21 heavy (non-hydrogen) atoms. The number of rotatable bonds is 0. The minimum Gasteiger partial charge on any atom is -0.0623 e. The third-order valence-electron chi connectivity index (χ3n) is 8.23. The van der Waals surface area contributed by atoms with Crippen LogP contribution < -0.4 is 0 Å². The van der Waals surface area contributed by atoms with E-state index >= 15 is 0 Å². The SMILES string of the molecule is CC1CCC2C(C)CC(C)C3CCC(CC23)C(C)CC1C. The number of hydrogen-bond donors (Lipinski definition) is 0. The van der Waals surface area contributed by atoms with E-state index < -0.39 is 0 Å². The van der Waals surface area contributed by atoms with Gasteiger partial charge in [-0.1, -0.05) is 41.0 Å². The van der Waals surface area contributed by atoms with Crippen LogP contribution in [0.4, 0.5) is 0 Å². The molecule has 3 saturated carbocycles. The zero-order valence-electron chi connectivity index (χ0n) is 15.1. The van der Waals surface area contributed by atoms with E-state index in [-0.39, 0.29) is 0 Å². The first-order chi connectivity index (χ1) is 9.97. The Labute approximate surface area is 133 Å². The highest BCUT2D eigenvalue weighted by molar-refractivity contribution is 4.95. The van der Waals surface area contributed by atoms with Crippen molar-refractivity contribution < 1.29 is 0 Å². The van der Waals surface area contributed by atoms with Crippen molar-refractivity contribution in [1.29, 1.82) is 0 Å². The van der Waals surface area contributed by atoms with Crippen LogP contribution in [0.1, 0.15) is 79.6 Å². The lowest BCUT2D eigenvalue weighted by Gasteiger charge is -2.52. The van der Waals surface area contributed by atoms with Crippen molar-refractivity contribution in [2.24, 2.45) is 53.3 Å². The molecule has 0 aromatic rings. The molecule has 0 heterocycles. The van der Waals surface area contributed by atoms with Crippen LogP contribution in [0.2, 0.25) is 0 Å². The van der Waals surface area contributed by atoms with Gasteiger partial charge < -0.3 is 0 Å². The van der Waals surface area contributed by atoms with E-state index in [0.29, 0.717) is 0 Å². The molecule has 0 spiro atoms. The van der Waals surface area contributed by atoms with Crippen LogP contribution in [-0.2, 0) is 0 Å². The lowest BCUT2D eigenvalue weighted by Crippen LogP contribution is -2.43. The van der Waals surface area contributed by atoms with Crippen molar-refractivity contribution in [2.75, 3.05) is 0 Å². The average molecular weight is 291 g/mol. The number of fused-ring (bicyclic) bond motifs is 1. The van der Waals surface area contributed by atoms with Crippen LogP contribution >= 0.6 is 0 Å². The third-order valence-corrected chi connectivity index (χ3v) is 8.23. The van der Waals surface area contributed by atoms with Crippen LogP contribution in [-0.4, -0.2) is 0 Å². The van der Waals surface area contributed by atoms with Gasteiger partial charge in [-0.3, -0.25) is 0 Å². The van der Waals surface area contributed by atoms with Crippen molar-refractivity contribution in [3.05, 3.63) is 0 Å². The highest BCUT2D eigenvalue weighted by Gasteiger charge is 2.45. The van der Waals surface area contributed by atoms with Gasteiger partial charge in [0.05, 0.1) is 0 Å². The summed E-state index contributed by atoms with van der Waals surface area (Å²) in [5.74, 6) is 9.06. The number of hydrogen-bond acceptors (Lipinski definition) is 0. The fourth-order valence-corrected chi connectivity index (χ4v) is 6.59. The summed E-state index contributed by atoms with van der Waals surface area (Å²) in [4.78, 5) is 0. The summed E-state index contributed by atoms with van der Waals surface area (Å²) in [6.45, 7) is 12.8. The molecule has 9 atom stereocenters. The van der Waals surface area contributed by atoms with E-state index in [1.807, 2.05) is 0 Å². The predicted octanol–water partition coefficient (Wildman–Crippen LogP) is 6.40. The zero-order chi connectivity index (χ0) is 15.1. The molecule has 0 N–H and O–H groups in total. The fourth-order valence-electron chi connectivity index (χ4n) is 6.59. The summed E-state index contributed by atoms with van der Waals surface area (Å²) < 4.78 is 0. The minimum absolute atomic E-state index is 0.937. The standard InChI is InChI=1S/C21H38/c1-13-6-8-19-16(4)11-17(5)20-9-7-18(12-21(19)20)15(3)10-14(13)2/h13-21H,6-12H2,1-5H3. The maximum absolute atomic E-state index is 2.57. The van der Waals surface area contributed by atoms with Gasteiger partial charge in [0.2, 0.25) is 0 Å². The summed E-state index contributed by atoms with van der Waals surface area (Å²) in [7, 11) is 0. The Bertz CT molecular complexity index is 346. The summed E-state index contributed by atoms with van der Waals surface area (Å²) in [5, 5.41) is 0. The predicted molar refractivity (Wildman–Crippen MR) is 92.1 cm³/mol. The van der Waals surface area contributed by atoms with Crippen LogP contribution in [0.5, 0.6) is 0 Å². The molecule has 122 valence electrons. The van der Waals surface area contributed by atoms with E-state index in [1.54, 1.807) is 12.8 Å². The maximum Gasteiger partial charge on any atom is -0.0350 e. The first-order valence-electron chi connectivity index (χ1n) is 9.97. The molecule has 0 nitrogen and oxygen atoms in total. The highest BCUT2D eigenvalue weighted by Crippen LogP contribution is 2.54. The molecule has 3 rings (SSSR count). The molecule has 0 aromatic heterocycles. The second-order valence-corrected chi connectivity index (χ2v) is 9.50.